The van der Waals surface area contributed by atoms with Crippen molar-refractivity contribution in [2.45, 2.75) is 12.6 Å². The number of aliphatic hydroxyl groups excluding tert-OH is 1. The minimum Gasteiger partial charge on any atom is -0.491 e. The number of aliphatic hydroxyl groups is 1. The molecule has 0 radical (unpaired) electrons. The van der Waals surface area contributed by atoms with E-state index in [1.807, 2.05) is 6.07 Å². The molecular formula is C14H15N3O3. The molecule has 6 nitrogen and oxygen atoms in total. The molecule has 0 bridgehead atoms. The Balaban J connectivity index is 1.69. The second-order valence-corrected chi connectivity index (χ2v) is 4.21. The lowest BCUT2D eigenvalue weighted by Gasteiger charge is -2.12. The molecule has 1 atom stereocenters. The van der Waals surface area contributed by atoms with E-state index in [2.05, 4.69) is 10.5 Å². The normalized spacial score (nSPS) is 11.8. The van der Waals surface area contributed by atoms with E-state index in [-0.39, 0.29) is 6.61 Å². The number of benzene rings is 1. The number of nitrogens with zero attached hydrogens (tertiary/aromatic N) is 2. The number of nitriles is 1. The molecule has 1 aromatic heterocycles. The largest absolute Gasteiger partial charge is 0.491 e. The van der Waals surface area contributed by atoms with Crippen LogP contribution in [0.25, 0.3) is 0 Å². The van der Waals surface area contributed by atoms with Gasteiger partial charge in [-0.15, -0.1) is 0 Å². The van der Waals surface area contributed by atoms with E-state index in [9.17, 15) is 5.11 Å². The Hall–Kier alpha value is -2.36. The van der Waals surface area contributed by atoms with E-state index < -0.39 is 6.10 Å². The van der Waals surface area contributed by atoms with Crippen molar-refractivity contribution in [1.29, 1.82) is 5.26 Å². The van der Waals surface area contributed by atoms with E-state index in [1.165, 1.54) is 0 Å². The molecule has 2 aromatic rings. The van der Waals surface area contributed by atoms with Crippen LogP contribution in [0, 0.1) is 11.3 Å². The summed E-state index contributed by atoms with van der Waals surface area (Å²) in [4.78, 5) is 0. The van der Waals surface area contributed by atoms with Gasteiger partial charge in [0.05, 0.1) is 24.4 Å². The first-order valence-corrected chi connectivity index (χ1v) is 6.19. The molecule has 0 aliphatic carbocycles. The van der Waals surface area contributed by atoms with E-state index in [0.29, 0.717) is 30.2 Å². The Bertz CT molecular complexity index is 563. The number of aromatic nitrogens is 1. The highest BCUT2D eigenvalue weighted by Crippen LogP contribution is 2.12. The number of nitrogens with one attached hydrogen (secondary N) is 1. The summed E-state index contributed by atoms with van der Waals surface area (Å²) in [5.41, 5.74) is 0.528. The third kappa shape index (κ3) is 4.39. The van der Waals surface area contributed by atoms with Crippen LogP contribution in [0.3, 0.4) is 0 Å². The fourth-order valence-electron chi connectivity index (χ4n) is 1.60. The zero-order valence-electron chi connectivity index (χ0n) is 10.8. The molecule has 0 spiro atoms. The Labute approximate surface area is 116 Å². The highest BCUT2D eigenvalue weighted by atomic mass is 16.5. The van der Waals surface area contributed by atoms with Crippen LogP contribution in [0.2, 0.25) is 0 Å². The molecular weight excluding hydrogens is 258 g/mol. The van der Waals surface area contributed by atoms with Gasteiger partial charge >= 0.3 is 0 Å². The lowest BCUT2D eigenvalue weighted by molar-refractivity contribution is 0.105. The summed E-state index contributed by atoms with van der Waals surface area (Å²) in [6, 6.07) is 10.6. The van der Waals surface area contributed by atoms with Gasteiger partial charge in [-0.05, 0) is 18.2 Å². The number of hydrogen-bond acceptors (Lipinski definition) is 6. The standard InChI is InChI=1S/C14H15N3O3/c15-7-11-2-1-3-13(6-11)19-10-12(18)8-16-9-14-4-5-17-20-14/h1-6,12,16,18H,8-10H2. The third-order valence-electron chi connectivity index (χ3n) is 2.58. The summed E-state index contributed by atoms with van der Waals surface area (Å²) in [5, 5.41) is 25.1. The van der Waals surface area contributed by atoms with Crippen LogP contribution in [-0.2, 0) is 6.54 Å². The van der Waals surface area contributed by atoms with Crippen LogP contribution in [0.5, 0.6) is 5.75 Å². The average molecular weight is 273 g/mol. The van der Waals surface area contributed by atoms with Gasteiger partial charge in [-0.3, -0.25) is 0 Å². The van der Waals surface area contributed by atoms with Gasteiger partial charge in [-0.25, -0.2) is 0 Å². The van der Waals surface area contributed by atoms with Crippen molar-refractivity contribution in [3.63, 3.8) is 0 Å². The van der Waals surface area contributed by atoms with E-state index >= 15 is 0 Å². The van der Waals surface area contributed by atoms with E-state index in [1.54, 1.807) is 36.5 Å². The molecule has 0 aliphatic heterocycles. The SMILES string of the molecule is N#Cc1cccc(OCC(O)CNCc2ccno2)c1. The zero-order chi connectivity index (χ0) is 14.2. The molecule has 0 saturated heterocycles. The molecule has 20 heavy (non-hydrogen) atoms. The minimum atomic E-state index is -0.649. The second-order valence-electron chi connectivity index (χ2n) is 4.21. The highest BCUT2D eigenvalue weighted by Gasteiger charge is 2.06. The fraction of sp³-hybridized carbons (Fsp3) is 0.286. The zero-order valence-corrected chi connectivity index (χ0v) is 10.8. The Kier molecular flexibility index (Phi) is 5.12. The first-order valence-electron chi connectivity index (χ1n) is 6.19. The Morgan fingerprint density at radius 1 is 1.45 bits per heavy atom. The predicted molar refractivity (Wildman–Crippen MR) is 70.9 cm³/mol. The smallest absolute Gasteiger partial charge is 0.150 e. The maximum atomic E-state index is 9.77. The van der Waals surface area contributed by atoms with E-state index in [0.717, 1.165) is 0 Å². The second kappa shape index (κ2) is 7.28. The Morgan fingerprint density at radius 2 is 2.35 bits per heavy atom. The average Bonchev–Trinajstić information content (AvgIpc) is 2.98. The summed E-state index contributed by atoms with van der Waals surface area (Å²) in [6.07, 6.45) is 0.919. The monoisotopic (exact) mass is 273 g/mol. The van der Waals surface area contributed by atoms with Crippen LogP contribution >= 0.6 is 0 Å². The van der Waals surface area contributed by atoms with Crippen LogP contribution in [-0.4, -0.2) is 29.5 Å². The molecule has 1 unspecified atom stereocenters. The van der Waals surface area contributed by atoms with Gasteiger partial charge in [0.2, 0.25) is 0 Å². The third-order valence-corrected chi connectivity index (χ3v) is 2.58. The molecule has 6 heteroatoms. The summed E-state index contributed by atoms with van der Waals surface area (Å²) in [5.74, 6) is 1.28. The number of rotatable bonds is 7. The van der Waals surface area contributed by atoms with Crippen LogP contribution in [0.15, 0.2) is 41.1 Å². The lowest BCUT2D eigenvalue weighted by atomic mass is 10.2. The maximum Gasteiger partial charge on any atom is 0.150 e. The van der Waals surface area contributed by atoms with Crippen molar-refractivity contribution < 1.29 is 14.4 Å². The summed E-state index contributed by atoms with van der Waals surface area (Å²) in [6.45, 7) is 1.03. The number of hydrogen-bond donors (Lipinski definition) is 2. The van der Waals surface area contributed by atoms with Crippen LogP contribution in [0.1, 0.15) is 11.3 Å². The molecule has 0 saturated carbocycles. The van der Waals surface area contributed by atoms with Gasteiger partial charge in [-0.2, -0.15) is 5.26 Å². The van der Waals surface area contributed by atoms with Gasteiger partial charge in [0, 0.05) is 12.6 Å². The molecule has 2 rings (SSSR count). The Morgan fingerprint density at radius 3 is 3.10 bits per heavy atom. The summed E-state index contributed by atoms with van der Waals surface area (Å²) < 4.78 is 10.3. The van der Waals surface area contributed by atoms with Crippen molar-refractivity contribution in [2.24, 2.45) is 0 Å². The minimum absolute atomic E-state index is 0.151. The molecule has 2 N–H and O–H groups in total. The van der Waals surface area contributed by atoms with Crippen LogP contribution in [0.4, 0.5) is 0 Å². The molecule has 0 amide bonds. The van der Waals surface area contributed by atoms with Gasteiger partial charge in [0.1, 0.15) is 24.2 Å². The van der Waals surface area contributed by atoms with Gasteiger partial charge in [0.15, 0.2) is 0 Å². The summed E-state index contributed by atoms with van der Waals surface area (Å²) >= 11 is 0. The topological polar surface area (TPSA) is 91.3 Å². The predicted octanol–water partition coefficient (Wildman–Crippen LogP) is 1.08. The van der Waals surface area contributed by atoms with Crippen LogP contribution < -0.4 is 10.1 Å². The van der Waals surface area contributed by atoms with Crippen molar-refractivity contribution >= 4 is 0 Å². The highest BCUT2D eigenvalue weighted by molar-refractivity contribution is 5.36. The van der Waals surface area contributed by atoms with Crippen molar-refractivity contribution in [3.05, 3.63) is 47.9 Å². The quantitative estimate of drug-likeness (QED) is 0.784. The molecule has 1 aromatic carbocycles. The van der Waals surface area contributed by atoms with Gasteiger partial charge < -0.3 is 19.7 Å². The maximum absolute atomic E-state index is 9.77. The summed E-state index contributed by atoms with van der Waals surface area (Å²) in [7, 11) is 0. The first-order chi connectivity index (χ1) is 9.78. The van der Waals surface area contributed by atoms with E-state index in [4.69, 9.17) is 14.5 Å². The molecule has 0 fully saturated rings. The van der Waals surface area contributed by atoms with Crippen molar-refractivity contribution in [1.82, 2.24) is 10.5 Å². The fourth-order valence-corrected chi connectivity index (χ4v) is 1.60. The molecule has 104 valence electrons. The number of ether oxygens (including phenoxy) is 1. The molecule has 0 aliphatic rings. The van der Waals surface area contributed by atoms with Crippen molar-refractivity contribution in [3.8, 4) is 11.8 Å². The molecule has 1 heterocycles. The van der Waals surface area contributed by atoms with Gasteiger partial charge in [-0.1, -0.05) is 11.2 Å². The van der Waals surface area contributed by atoms with Gasteiger partial charge in [0.25, 0.3) is 0 Å². The lowest BCUT2D eigenvalue weighted by Crippen LogP contribution is -2.31. The van der Waals surface area contributed by atoms with Crippen molar-refractivity contribution in [2.75, 3.05) is 13.2 Å². The first kappa shape index (κ1) is 14.1.